The van der Waals surface area contributed by atoms with Crippen LogP contribution in [0.25, 0.3) is 0 Å². The smallest absolute Gasteiger partial charge is 0.264 e. The van der Waals surface area contributed by atoms with Gasteiger partial charge in [0.15, 0.2) is 0 Å². The minimum atomic E-state index is -3.82. The Kier molecular flexibility index (Phi) is 7.57. The second-order valence-corrected chi connectivity index (χ2v) is 10.2. The Balaban J connectivity index is 1.89. The van der Waals surface area contributed by atoms with Gasteiger partial charge in [0.1, 0.15) is 0 Å². The molecule has 0 saturated heterocycles. The van der Waals surface area contributed by atoms with Crippen molar-refractivity contribution >= 4 is 40.4 Å². The molecule has 124 valence electrons. The third kappa shape index (κ3) is 7.05. The van der Waals surface area contributed by atoms with Gasteiger partial charge in [0, 0.05) is 0 Å². The molecule has 0 aliphatic rings. The lowest BCUT2D eigenvalue weighted by Crippen LogP contribution is -2.15. The van der Waals surface area contributed by atoms with Gasteiger partial charge in [-0.2, -0.15) is 20.2 Å². The van der Waals surface area contributed by atoms with Crippen molar-refractivity contribution in [2.45, 2.75) is 6.42 Å². The minimum Gasteiger partial charge on any atom is -0.286 e. The van der Waals surface area contributed by atoms with E-state index in [1.165, 1.54) is 10.6 Å². The summed E-state index contributed by atoms with van der Waals surface area (Å²) in [7, 11) is -4.21. The summed E-state index contributed by atoms with van der Waals surface area (Å²) in [4.78, 5) is 0. The molecule has 0 unspecified atom stereocenters. The monoisotopic (exact) mass is 368 g/mol. The van der Waals surface area contributed by atoms with Crippen molar-refractivity contribution in [3.63, 3.8) is 0 Å². The molecule has 0 heterocycles. The quantitative estimate of drug-likeness (QED) is 0.420. The molecule has 0 atom stereocenters. The molecule has 0 amide bonds. The van der Waals surface area contributed by atoms with Crippen molar-refractivity contribution in [3.8, 4) is 0 Å². The fraction of sp³-hybridized carbons (Fsp3) is 0.294. The number of hydrogen-bond acceptors (Lipinski definition) is 3. The van der Waals surface area contributed by atoms with Crippen LogP contribution in [0, 0.1) is 0 Å². The molecule has 0 fully saturated rings. The first-order valence-electron chi connectivity index (χ1n) is 7.47. The molecule has 23 heavy (non-hydrogen) atoms. The van der Waals surface area contributed by atoms with Crippen LogP contribution in [0.15, 0.2) is 60.7 Å². The second-order valence-electron chi connectivity index (χ2n) is 5.07. The van der Waals surface area contributed by atoms with Gasteiger partial charge >= 0.3 is 0 Å². The third-order valence-corrected chi connectivity index (χ3v) is 7.98. The fourth-order valence-corrected chi connectivity index (χ4v) is 6.59. The summed E-state index contributed by atoms with van der Waals surface area (Å²) in [5.41, 5.74) is 0. The molecular formula is C17H21O3PS2. The standard InChI is InChI=1S/C17H21O3PS2/c18-23(19,20)15-7-13-22-14-12-21(16-8-3-1-4-9-16)17-10-5-2-6-11-17/h1-6,8-11H,7,12-15H2,(H,18,19,20). The first-order valence-corrected chi connectivity index (χ1v) is 11.8. The molecule has 0 aromatic heterocycles. The number of hydrogen-bond donors (Lipinski definition) is 1. The van der Waals surface area contributed by atoms with Crippen LogP contribution < -0.4 is 10.6 Å². The Morgan fingerprint density at radius 3 is 1.87 bits per heavy atom. The van der Waals surface area contributed by atoms with E-state index in [0.29, 0.717) is 6.42 Å². The molecule has 3 nitrogen and oxygen atoms in total. The van der Waals surface area contributed by atoms with E-state index in [1.54, 1.807) is 11.8 Å². The molecule has 0 bridgehead atoms. The summed E-state index contributed by atoms with van der Waals surface area (Å²) in [6.45, 7) is 0. The molecule has 0 radical (unpaired) electrons. The summed E-state index contributed by atoms with van der Waals surface area (Å²) in [5, 5.41) is 2.74. The van der Waals surface area contributed by atoms with Crippen molar-refractivity contribution in [2.75, 3.05) is 23.4 Å². The maximum Gasteiger partial charge on any atom is 0.264 e. The fourth-order valence-electron chi connectivity index (χ4n) is 2.22. The largest absolute Gasteiger partial charge is 0.286 e. The summed E-state index contributed by atoms with van der Waals surface area (Å²) < 4.78 is 30.1. The lowest BCUT2D eigenvalue weighted by atomic mass is 10.4. The molecule has 2 rings (SSSR count). The van der Waals surface area contributed by atoms with Crippen molar-refractivity contribution in [1.82, 2.24) is 0 Å². The van der Waals surface area contributed by atoms with Gasteiger partial charge in [0.2, 0.25) is 0 Å². The van der Waals surface area contributed by atoms with E-state index < -0.39 is 10.1 Å². The average Bonchev–Trinajstić information content (AvgIpc) is 2.55. The van der Waals surface area contributed by atoms with Crippen molar-refractivity contribution in [2.24, 2.45) is 0 Å². The van der Waals surface area contributed by atoms with E-state index >= 15 is 0 Å². The van der Waals surface area contributed by atoms with Gasteiger partial charge in [-0.1, -0.05) is 60.7 Å². The van der Waals surface area contributed by atoms with Crippen LogP contribution in [0.5, 0.6) is 0 Å². The first-order chi connectivity index (χ1) is 11.1. The summed E-state index contributed by atoms with van der Waals surface area (Å²) in [6, 6.07) is 21.1. The summed E-state index contributed by atoms with van der Waals surface area (Å²) >= 11 is 1.75. The molecule has 0 aliphatic heterocycles. The van der Waals surface area contributed by atoms with Crippen molar-refractivity contribution < 1.29 is 13.0 Å². The second kappa shape index (κ2) is 9.43. The molecule has 6 heteroatoms. The highest BCUT2D eigenvalue weighted by Gasteiger charge is 2.13. The first kappa shape index (κ1) is 18.5. The third-order valence-electron chi connectivity index (χ3n) is 3.29. The Morgan fingerprint density at radius 1 is 0.870 bits per heavy atom. The molecular weight excluding hydrogens is 347 g/mol. The number of rotatable bonds is 9. The van der Waals surface area contributed by atoms with Gasteiger partial charge in [-0.05, 0) is 42.6 Å². The zero-order chi connectivity index (χ0) is 16.5. The van der Waals surface area contributed by atoms with E-state index in [2.05, 4.69) is 48.5 Å². The Hall–Kier alpha value is -0.870. The predicted octanol–water partition coefficient (Wildman–Crippen LogP) is 3.13. The molecule has 1 N–H and O–H groups in total. The van der Waals surface area contributed by atoms with Crippen LogP contribution in [-0.4, -0.2) is 36.4 Å². The van der Waals surface area contributed by atoms with Gasteiger partial charge < -0.3 is 0 Å². The van der Waals surface area contributed by atoms with Crippen molar-refractivity contribution in [1.29, 1.82) is 0 Å². The van der Waals surface area contributed by atoms with Gasteiger partial charge in [-0.25, -0.2) is 0 Å². The molecule has 0 aliphatic carbocycles. The van der Waals surface area contributed by atoms with Crippen molar-refractivity contribution in [3.05, 3.63) is 60.7 Å². The van der Waals surface area contributed by atoms with Gasteiger partial charge in [0.05, 0.1) is 5.75 Å². The van der Waals surface area contributed by atoms with Crippen LogP contribution in [0.4, 0.5) is 0 Å². The van der Waals surface area contributed by atoms with Crippen LogP contribution in [0.2, 0.25) is 0 Å². The average molecular weight is 368 g/mol. The molecule has 2 aromatic carbocycles. The van der Waals surface area contributed by atoms with E-state index in [1.807, 2.05) is 12.1 Å². The summed E-state index contributed by atoms with van der Waals surface area (Å²) in [6.07, 6.45) is 1.57. The maximum atomic E-state index is 10.7. The maximum absolute atomic E-state index is 10.7. The molecule has 0 saturated carbocycles. The number of thioether (sulfide) groups is 1. The highest BCUT2D eigenvalue weighted by atomic mass is 32.2. The Labute approximate surface area is 144 Å². The lowest BCUT2D eigenvalue weighted by molar-refractivity contribution is 0.482. The normalized spacial score (nSPS) is 11.7. The minimum absolute atomic E-state index is 0.147. The van der Waals surface area contributed by atoms with Gasteiger partial charge in [0.25, 0.3) is 10.1 Å². The number of benzene rings is 2. The van der Waals surface area contributed by atoms with E-state index in [4.69, 9.17) is 4.55 Å². The van der Waals surface area contributed by atoms with E-state index in [9.17, 15) is 8.42 Å². The molecule has 0 spiro atoms. The van der Waals surface area contributed by atoms with E-state index in [-0.39, 0.29) is 13.7 Å². The highest BCUT2D eigenvalue weighted by Crippen LogP contribution is 2.34. The topological polar surface area (TPSA) is 54.4 Å². The Bertz CT molecular complexity index is 636. The lowest BCUT2D eigenvalue weighted by Gasteiger charge is -2.18. The van der Waals surface area contributed by atoms with Crippen LogP contribution >= 0.6 is 19.7 Å². The van der Waals surface area contributed by atoms with Gasteiger partial charge in [-0.15, -0.1) is 0 Å². The van der Waals surface area contributed by atoms with Crippen LogP contribution in [0.3, 0.4) is 0 Å². The predicted molar refractivity (Wildman–Crippen MR) is 102 cm³/mol. The van der Waals surface area contributed by atoms with Crippen LogP contribution in [0.1, 0.15) is 6.42 Å². The summed E-state index contributed by atoms with van der Waals surface area (Å²) in [5.74, 6) is 1.60. The zero-order valence-corrected chi connectivity index (χ0v) is 15.4. The van der Waals surface area contributed by atoms with Gasteiger partial charge in [-0.3, -0.25) is 4.55 Å². The SMILES string of the molecule is O=S(=O)(O)CCCSCCP(c1ccccc1)c1ccccc1. The van der Waals surface area contributed by atoms with Crippen LogP contribution in [-0.2, 0) is 10.1 Å². The zero-order valence-electron chi connectivity index (χ0n) is 12.8. The Morgan fingerprint density at radius 2 is 1.39 bits per heavy atom. The van der Waals surface area contributed by atoms with E-state index in [0.717, 1.165) is 17.7 Å². The highest BCUT2D eigenvalue weighted by molar-refractivity contribution is 7.99. The molecule has 2 aromatic rings.